The first-order chi connectivity index (χ1) is 17.2. The van der Waals surface area contributed by atoms with E-state index < -0.39 is 41.5 Å². The van der Waals surface area contributed by atoms with Gasteiger partial charge in [0.1, 0.15) is 31.0 Å². The first-order valence-corrected chi connectivity index (χ1v) is 13.5. The summed E-state index contributed by atoms with van der Waals surface area (Å²) < 4.78 is 17.7. The maximum absolute atomic E-state index is 12.5. The Hall–Kier alpha value is -1.62. The van der Waals surface area contributed by atoms with Crippen molar-refractivity contribution >= 4 is 28.8 Å². The SMILES string of the molecule is CCc1ccc(NC(=S)NCCCC(=O)COC2C(O)C(COC(C)(C)C)OC(C(C)(C)C)C2O)cc1. The average molecular weight is 539 g/mol. The highest BCUT2D eigenvalue weighted by molar-refractivity contribution is 7.80. The standard InChI is InChI=1S/C28H46N2O6S/c1-8-18-11-13-19(14-12-18)30-26(37)29-15-9-10-20(31)16-34-24-22(32)21(17-35-28(5,6)7)36-25(23(24)33)27(2,3)4/h11-14,21-25,32-33H,8-10,15-17H2,1-7H3,(H2,29,30,37). The molecule has 0 amide bonds. The highest BCUT2D eigenvalue weighted by atomic mass is 32.1. The zero-order valence-corrected chi connectivity index (χ0v) is 24.2. The third-order valence-electron chi connectivity index (χ3n) is 6.19. The monoisotopic (exact) mass is 538 g/mol. The van der Waals surface area contributed by atoms with Gasteiger partial charge >= 0.3 is 0 Å². The average Bonchev–Trinajstić information content (AvgIpc) is 2.80. The lowest BCUT2D eigenvalue weighted by Crippen LogP contribution is -2.63. The molecule has 5 atom stereocenters. The second kappa shape index (κ2) is 14.0. The minimum absolute atomic E-state index is 0.114. The van der Waals surface area contributed by atoms with Crippen molar-refractivity contribution in [2.75, 3.05) is 25.1 Å². The second-order valence-electron chi connectivity index (χ2n) is 11.7. The van der Waals surface area contributed by atoms with Gasteiger partial charge in [0.15, 0.2) is 10.9 Å². The molecule has 1 fully saturated rings. The summed E-state index contributed by atoms with van der Waals surface area (Å²) in [5, 5.41) is 28.5. The van der Waals surface area contributed by atoms with E-state index in [2.05, 4.69) is 29.7 Å². The predicted octanol–water partition coefficient (Wildman–Crippen LogP) is 3.62. The van der Waals surface area contributed by atoms with E-state index in [1.165, 1.54) is 5.56 Å². The van der Waals surface area contributed by atoms with E-state index in [0.29, 0.717) is 18.1 Å². The van der Waals surface area contributed by atoms with Gasteiger partial charge in [-0.15, -0.1) is 0 Å². The molecule has 0 aliphatic carbocycles. The highest BCUT2D eigenvalue weighted by Gasteiger charge is 2.49. The zero-order chi connectivity index (χ0) is 27.8. The van der Waals surface area contributed by atoms with E-state index in [1.54, 1.807) is 0 Å². The van der Waals surface area contributed by atoms with Crippen LogP contribution in [0.5, 0.6) is 0 Å². The lowest BCUT2D eigenvalue weighted by molar-refractivity contribution is -0.266. The minimum Gasteiger partial charge on any atom is -0.388 e. The number of benzene rings is 1. The molecule has 9 heteroatoms. The molecule has 0 saturated carbocycles. The number of aliphatic hydroxyl groups is 2. The largest absolute Gasteiger partial charge is 0.388 e. The van der Waals surface area contributed by atoms with Gasteiger partial charge in [-0.05, 0) is 68.9 Å². The Morgan fingerprint density at radius 2 is 1.73 bits per heavy atom. The van der Waals surface area contributed by atoms with Crippen molar-refractivity contribution in [2.45, 2.75) is 104 Å². The molecule has 0 bridgehead atoms. The number of nitrogens with one attached hydrogen (secondary N) is 2. The van der Waals surface area contributed by atoms with Gasteiger partial charge in [0.25, 0.3) is 0 Å². The van der Waals surface area contributed by atoms with Crippen LogP contribution in [0.15, 0.2) is 24.3 Å². The Balaban J connectivity index is 1.81. The van der Waals surface area contributed by atoms with Crippen LogP contribution in [-0.4, -0.2) is 77.0 Å². The Morgan fingerprint density at radius 1 is 1.08 bits per heavy atom. The number of Topliss-reactive ketones (excluding diaryl/α,β-unsaturated/α-hetero) is 1. The van der Waals surface area contributed by atoms with Crippen molar-refractivity contribution in [2.24, 2.45) is 5.41 Å². The molecular weight excluding hydrogens is 492 g/mol. The summed E-state index contributed by atoms with van der Waals surface area (Å²) in [6.45, 7) is 14.2. The molecule has 0 radical (unpaired) electrons. The van der Waals surface area contributed by atoms with Crippen LogP contribution in [0, 0.1) is 5.41 Å². The van der Waals surface area contributed by atoms with Gasteiger partial charge in [-0.1, -0.05) is 39.8 Å². The smallest absolute Gasteiger partial charge is 0.170 e. The van der Waals surface area contributed by atoms with Gasteiger partial charge in [-0.3, -0.25) is 4.79 Å². The molecule has 4 N–H and O–H groups in total. The van der Waals surface area contributed by atoms with Crippen molar-refractivity contribution in [1.82, 2.24) is 5.32 Å². The number of rotatable bonds is 11. The summed E-state index contributed by atoms with van der Waals surface area (Å²) in [6, 6.07) is 8.08. The lowest BCUT2D eigenvalue weighted by atomic mass is 9.80. The number of hydrogen-bond donors (Lipinski definition) is 4. The lowest BCUT2D eigenvalue weighted by Gasteiger charge is -2.47. The maximum Gasteiger partial charge on any atom is 0.170 e. The van der Waals surface area contributed by atoms with Crippen LogP contribution in [0.25, 0.3) is 0 Å². The zero-order valence-electron chi connectivity index (χ0n) is 23.4. The summed E-state index contributed by atoms with van der Waals surface area (Å²) in [6.07, 6.45) is -2.57. The van der Waals surface area contributed by atoms with E-state index >= 15 is 0 Å². The van der Waals surface area contributed by atoms with Crippen LogP contribution in [0.4, 0.5) is 5.69 Å². The number of thiocarbonyl (C=S) groups is 1. The molecule has 8 nitrogen and oxygen atoms in total. The molecule has 210 valence electrons. The topological polar surface area (TPSA) is 109 Å². The summed E-state index contributed by atoms with van der Waals surface area (Å²) in [5.74, 6) is -0.114. The van der Waals surface area contributed by atoms with Crippen LogP contribution in [0.2, 0.25) is 0 Å². The van der Waals surface area contributed by atoms with E-state index in [0.717, 1.165) is 12.1 Å². The number of aryl methyl sites for hydroxylation is 1. The summed E-state index contributed by atoms with van der Waals surface area (Å²) in [5.41, 5.74) is 1.36. The van der Waals surface area contributed by atoms with E-state index in [9.17, 15) is 15.0 Å². The maximum atomic E-state index is 12.5. The molecule has 0 aromatic heterocycles. The van der Waals surface area contributed by atoms with Crippen molar-refractivity contribution in [3.05, 3.63) is 29.8 Å². The highest BCUT2D eigenvalue weighted by Crippen LogP contribution is 2.34. The Morgan fingerprint density at radius 3 is 2.30 bits per heavy atom. The van der Waals surface area contributed by atoms with E-state index in [-0.39, 0.29) is 25.4 Å². The van der Waals surface area contributed by atoms with E-state index in [1.807, 2.05) is 53.7 Å². The number of ketones is 1. The van der Waals surface area contributed by atoms with Crippen LogP contribution in [-0.2, 0) is 25.4 Å². The number of aliphatic hydroxyl groups excluding tert-OH is 2. The summed E-state index contributed by atoms with van der Waals surface area (Å²) in [4.78, 5) is 12.5. The van der Waals surface area contributed by atoms with Crippen LogP contribution < -0.4 is 10.6 Å². The molecule has 1 aromatic carbocycles. The Labute approximate surface area is 227 Å². The van der Waals surface area contributed by atoms with Crippen molar-refractivity contribution in [1.29, 1.82) is 0 Å². The van der Waals surface area contributed by atoms with Gasteiger partial charge in [0, 0.05) is 18.7 Å². The Bertz CT molecular complexity index is 865. The fraction of sp³-hybridized carbons (Fsp3) is 0.714. The molecule has 1 aliphatic heterocycles. The number of carbonyl (C=O) groups is 1. The quantitative estimate of drug-likeness (QED) is 0.248. The first-order valence-electron chi connectivity index (χ1n) is 13.1. The van der Waals surface area contributed by atoms with Gasteiger partial charge in [0.2, 0.25) is 0 Å². The third kappa shape index (κ3) is 10.6. The van der Waals surface area contributed by atoms with Crippen molar-refractivity contribution < 1.29 is 29.2 Å². The van der Waals surface area contributed by atoms with Gasteiger partial charge in [0.05, 0.1) is 18.3 Å². The molecule has 1 aliphatic rings. The number of ether oxygens (including phenoxy) is 3. The second-order valence-corrected chi connectivity index (χ2v) is 12.1. The molecule has 1 heterocycles. The van der Waals surface area contributed by atoms with Crippen LogP contribution >= 0.6 is 12.2 Å². The van der Waals surface area contributed by atoms with Gasteiger partial charge in [-0.2, -0.15) is 0 Å². The fourth-order valence-corrected chi connectivity index (χ4v) is 4.29. The van der Waals surface area contributed by atoms with E-state index in [4.69, 9.17) is 26.4 Å². The van der Waals surface area contributed by atoms with Crippen LogP contribution in [0.1, 0.15) is 66.9 Å². The molecule has 2 rings (SSSR count). The normalized spacial score (nSPS) is 24.5. The summed E-state index contributed by atoms with van der Waals surface area (Å²) in [7, 11) is 0. The number of carbonyl (C=O) groups excluding carboxylic acids is 1. The molecule has 37 heavy (non-hydrogen) atoms. The van der Waals surface area contributed by atoms with Crippen molar-refractivity contribution in [3.8, 4) is 0 Å². The van der Waals surface area contributed by atoms with Crippen molar-refractivity contribution in [3.63, 3.8) is 0 Å². The summed E-state index contributed by atoms with van der Waals surface area (Å²) >= 11 is 5.33. The Kier molecular flexibility index (Phi) is 11.9. The molecule has 0 spiro atoms. The number of hydrogen-bond acceptors (Lipinski definition) is 7. The number of anilines is 1. The molecule has 5 unspecified atom stereocenters. The van der Waals surface area contributed by atoms with Crippen LogP contribution in [0.3, 0.4) is 0 Å². The third-order valence-corrected chi connectivity index (χ3v) is 6.44. The fourth-order valence-electron chi connectivity index (χ4n) is 4.07. The molecule has 1 aromatic rings. The minimum atomic E-state index is -1.12. The van der Waals surface area contributed by atoms with Gasteiger partial charge in [-0.25, -0.2) is 0 Å². The molecular formula is C28H46N2O6S. The first kappa shape index (κ1) is 31.6. The predicted molar refractivity (Wildman–Crippen MR) is 150 cm³/mol. The molecule has 1 saturated heterocycles. The van der Waals surface area contributed by atoms with Gasteiger partial charge < -0.3 is 35.1 Å².